The Hall–Kier alpha value is -3.52. The lowest BCUT2D eigenvalue weighted by Crippen LogP contribution is -2.45. The highest BCUT2D eigenvalue weighted by Gasteiger charge is 2.36. The van der Waals surface area contributed by atoms with Crippen molar-refractivity contribution in [2.75, 3.05) is 39.4 Å². The zero-order valence-corrected chi connectivity index (χ0v) is 34.1. The van der Waals surface area contributed by atoms with Crippen LogP contribution in [0.25, 0.3) is 28.5 Å². The third kappa shape index (κ3) is 10.5. The van der Waals surface area contributed by atoms with Crippen LogP contribution in [0.3, 0.4) is 0 Å². The SMILES string of the molecule is CC(C)c1nc2c(c(-c3ccc(F)cc3)c1C=C[C@@H]1C[C@H](CC(=O)OC(C)(C)C)OC(C)(C)O1)CCCc1ccc(S(=O)(=O)NCCN3CCOCC3)cc1-2. The predicted octanol–water partition coefficient (Wildman–Crippen LogP) is 7.43. The fraction of sp³-hybridized carbons (Fsp3) is 0.535. The molecule has 0 saturated carbocycles. The molecular weight excluding hydrogens is 722 g/mol. The molecule has 1 N–H and O–H groups in total. The topological polar surface area (TPSA) is 116 Å². The number of carbonyl (C=O) groups excluding carboxylic acids is 1. The molecule has 3 heterocycles. The molecule has 0 unspecified atom stereocenters. The summed E-state index contributed by atoms with van der Waals surface area (Å²) >= 11 is 0. The van der Waals surface area contributed by atoms with E-state index < -0.39 is 27.5 Å². The molecule has 1 aliphatic carbocycles. The van der Waals surface area contributed by atoms with Gasteiger partial charge in [0.2, 0.25) is 10.0 Å². The first kappa shape index (κ1) is 41.1. The van der Waals surface area contributed by atoms with Crippen molar-refractivity contribution in [3.63, 3.8) is 0 Å². The quantitative estimate of drug-likeness (QED) is 0.199. The number of nitrogens with zero attached hydrogens (tertiary/aromatic N) is 2. The molecule has 0 radical (unpaired) electrons. The number of aryl methyl sites for hydroxylation is 1. The van der Waals surface area contributed by atoms with Crippen molar-refractivity contribution < 1.29 is 36.6 Å². The molecule has 2 aromatic carbocycles. The van der Waals surface area contributed by atoms with Crippen molar-refractivity contribution in [2.45, 2.75) is 115 Å². The number of nitrogens with one attached hydrogen (secondary N) is 1. The number of morpholine rings is 1. The first-order valence-electron chi connectivity index (χ1n) is 19.5. The smallest absolute Gasteiger partial charge is 0.308 e. The van der Waals surface area contributed by atoms with E-state index in [1.54, 1.807) is 24.3 Å². The minimum atomic E-state index is -3.80. The number of hydrogen-bond acceptors (Lipinski definition) is 9. The van der Waals surface area contributed by atoms with Crippen LogP contribution in [0.1, 0.15) is 96.0 Å². The Kier molecular flexibility index (Phi) is 12.6. The van der Waals surface area contributed by atoms with Crippen LogP contribution in [0.15, 0.2) is 53.4 Å². The fourth-order valence-electron chi connectivity index (χ4n) is 7.71. The molecule has 1 aromatic heterocycles. The van der Waals surface area contributed by atoms with Crippen LogP contribution in [-0.4, -0.2) is 87.3 Å². The minimum Gasteiger partial charge on any atom is -0.460 e. The summed E-state index contributed by atoms with van der Waals surface area (Å²) in [5, 5.41) is 0. The Bertz CT molecular complexity index is 1980. The molecule has 2 aliphatic heterocycles. The summed E-state index contributed by atoms with van der Waals surface area (Å²) in [7, 11) is -3.80. The maximum Gasteiger partial charge on any atom is 0.308 e. The zero-order chi connectivity index (χ0) is 39.5. The van der Waals surface area contributed by atoms with Gasteiger partial charge in [0.1, 0.15) is 11.4 Å². The number of esters is 1. The molecule has 2 fully saturated rings. The third-order valence-corrected chi connectivity index (χ3v) is 11.5. The lowest BCUT2D eigenvalue weighted by atomic mass is 9.86. The number of hydrogen-bond donors (Lipinski definition) is 1. The van der Waals surface area contributed by atoms with Gasteiger partial charge in [-0.2, -0.15) is 0 Å². The van der Waals surface area contributed by atoms with Crippen molar-refractivity contribution in [2.24, 2.45) is 0 Å². The summed E-state index contributed by atoms with van der Waals surface area (Å²) in [6.45, 7) is 17.2. The number of rotatable bonds is 11. The van der Waals surface area contributed by atoms with E-state index in [0.29, 0.717) is 39.1 Å². The molecule has 10 nitrogen and oxygen atoms in total. The first-order valence-corrected chi connectivity index (χ1v) is 21.0. The van der Waals surface area contributed by atoms with Crippen LogP contribution >= 0.6 is 0 Å². The van der Waals surface area contributed by atoms with Crippen molar-refractivity contribution in [1.82, 2.24) is 14.6 Å². The molecule has 298 valence electrons. The van der Waals surface area contributed by atoms with Crippen LogP contribution in [0, 0.1) is 5.82 Å². The number of pyridine rings is 1. The number of aromatic nitrogens is 1. The second-order valence-corrected chi connectivity index (χ2v) is 18.2. The molecule has 0 spiro atoms. The van der Waals surface area contributed by atoms with Gasteiger partial charge in [0.25, 0.3) is 0 Å². The van der Waals surface area contributed by atoms with Crippen molar-refractivity contribution in [3.8, 4) is 22.4 Å². The van der Waals surface area contributed by atoms with Crippen molar-refractivity contribution in [1.29, 1.82) is 0 Å². The number of fused-ring (bicyclic) bond motifs is 3. The largest absolute Gasteiger partial charge is 0.460 e. The number of benzene rings is 2. The van der Waals surface area contributed by atoms with Crippen LogP contribution in [0.5, 0.6) is 0 Å². The molecule has 6 rings (SSSR count). The maximum absolute atomic E-state index is 14.4. The number of sulfonamides is 1. The molecular formula is C43H56FN3O7S. The molecule has 3 aromatic rings. The van der Waals surface area contributed by atoms with Crippen LogP contribution < -0.4 is 4.72 Å². The summed E-state index contributed by atoms with van der Waals surface area (Å²) < 4.78 is 68.0. The van der Waals surface area contributed by atoms with Gasteiger partial charge in [-0.25, -0.2) is 17.5 Å². The lowest BCUT2D eigenvalue weighted by molar-refractivity contribution is -0.290. The van der Waals surface area contributed by atoms with E-state index in [1.165, 1.54) is 12.1 Å². The van der Waals surface area contributed by atoms with E-state index in [-0.39, 0.29) is 35.1 Å². The molecule has 12 heteroatoms. The Balaban J connectivity index is 1.39. The van der Waals surface area contributed by atoms with E-state index in [2.05, 4.69) is 23.5 Å². The van der Waals surface area contributed by atoms with Gasteiger partial charge in [0, 0.05) is 43.7 Å². The molecule has 2 saturated heterocycles. The summed E-state index contributed by atoms with van der Waals surface area (Å²) in [4.78, 5) is 20.5. The Labute approximate surface area is 325 Å². The van der Waals surface area contributed by atoms with Gasteiger partial charge in [-0.15, -0.1) is 0 Å². The molecule has 0 amide bonds. The van der Waals surface area contributed by atoms with Gasteiger partial charge >= 0.3 is 5.97 Å². The lowest BCUT2D eigenvalue weighted by Gasteiger charge is -2.40. The summed E-state index contributed by atoms with van der Waals surface area (Å²) in [5.41, 5.74) is 6.47. The van der Waals surface area contributed by atoms with Gasteiger partial charge in [0.15, 0.2) is 5.79 Å². The fourth-order valence-corrected chi connectivity index (χ4v) is 8.75. The van der Waals surface area contributed by atoms with Gasteiger partial charge in [-0.1, -0.05) is 44.2 Å². The first-order chi connectivity index (χ1) is 26.0. The third-order valence-electron chi connectivity index (χ3n) is 10.1. The molecule has 3 aliphatic rings. The average molecular weight is 778 g/mol. The van der Waals surface area contributed by atoms with E-state index in [4.69, 9.17) is 23.9 Å². The molecule has 0 bridgehead atoms. The Morgan fingerprint density at radius 2 is 1.82 bits per heavy atom. The average Bonchev–Trinajstić information content (AvgIpc) is 3.28. The normalized spacial score (nSPS) is 20.6. The van der Waals surface area contributed by atoms with Gasteiger partial charge in [0.05, 0.1) is 48.1 Å². The van der Waals surface area contributed by atoms with Gasteiger partial charge < -0.3 is 18.9 Å². The van der Waals surface area contributed by atoms with E-state index >= 15 is 0 Å². The number of ether oxygens (including phenoxy) is 4. The van der Waals surface area contributed by atoms with E-state index in [1.807, 2.05) is 52.8 Å². The standard InChI is InChI=1S/C43H56FN3O7S/c1-28(2)40-36(18-16-32-25-33(53-43(6,7)52-32)26-38(48)54-42(3,4)5)39(30-11-14-31(44)15-12-30)35-10-8-9-29-13-17-34(27-37(29)41(35)46-40)55(49,50)45-19-20-47-21-23-51-24-22-47/h11-18,27-28,32-33,45H,8-10,19-26H2,1-7H3/t32-,33-/m1/s1. The highest BCUT2D eigenvalue weighted by Crippen LogP contribution is 2.43. The Morgan fingerprint density at radius 3 is 2.51 bits per heavy atom. The van der Waals surface area contributed by atoms with Crippen LogP contribution in [0.4, 0.5) is 4.39 Å². The summed E-state index contributed by atoms with van der Waals surface area (Å²) in [6.07, 6.45) is 6.10. The van der Waals surface area contributed by atoms with Gasteiger partial charge in [-0.05, 0) is 106 Å². The van der Waals surface area contributed by atoms with Crippen LogP contribution in [-0.2, 0) is 46.6 Å². The second-order valence-electron chi connectivity index (χ2n) is 16.5. The minimum absolute atomic E-state index is 0.0170. The van der Waals surface area contributed by atoms with Crippen LogP contribution in [0.2, 0.25) is 0 Å². The zero-order valence-electron chi connectivity index (χ0n) is 33.2. The van der Waals surface area contributed by atoms with Crippen molar-refractivity contribution in [3.05, 3.63) is 76.7 Å². The van der Waals surface area contributed by atoms with E-state index in [0.717, 1.165) is 70.7 Å². The summed E-state index contributed by atoms with van der Waals surface area (Å²) in [5.74, 6) is -1.61. The van der Waals surface area contributed by atoms with Crippen molar-refractivity contribution >= 4 is 22.1 Å². The second kappa shape index (κ2) is 16.9. The maximum atomic E-state index is 14.4. The number of halogens is 1. The highest BCUT2D eigenvalue weighted by molar-refractivity contribution is 7.89. The molecule has 55 heavy (non-hydrogen) atoms. The van der Waals surface area contributed by atoms with E-state index in [9.17, 15) is 17.6 Å². The van der Waals surface area contributed by atoms with Gasteiger partial charge in [-0.3, -0.25) is 14.7 Å². The Morgan fingerprint density at radius 1 is 1.09 bits per heavy atom. The molecule has 2 atom stereocenters. The summed E-state index contributed by atoms with van der Waals surface area (Å²) in [6, 6.07) is 11.9. The predicted molar refractivity (Wildman–Crippen MR) is 212 cm³/mol. The monoisotopic (exact) mass is 777 g/mol. The number of carbonyl (C=O) groups is 1. The highest BCUT2D eigenvalue weighted by atomic mass is 32.2.